The molecular formula is C36H50FNO9Si. The molecule has 0 aromatic heterocycles. The molecule has 2 aromatic carbocycles. The summed E-state index contributed by atoms with van der Waals surface area (Å²) in [7, 11) is -1.01. The van der Waals surface area contributed by atoms with Gasteiger partial charge in [0.1, 0.15) is 22.9 Å². The molecule has 0 radical (unpaired) electrons. The van der Waals surface area contributed by atoms with Crippen LogP contribution in [0.15, 0.2) is 48.5 Å². The summed E-state index contributed by atoms with van der Waals surface area (Å²) in [5.74, 6) is -2.96. The summed E-state index contributed by atoms with van der Waals surface area (Å²) in [4.78, 5) is 54.5. The summed E-state index contributed by atoms with van der Waals surface area (Å²) >= 11 is 0. The van der Waals surface area contributed by atoms with Gasteiger partial charge in [0, 0.05) is 25.3 Å². The highest BCUT2D eigenvalue weighted by Crippen LogP contribution is 2.37. The lowest BCUT2D eigenvalue weighted by Gasteiger charge is -2.38. The second-order valence-electron chi connectivity index (χ2n) is 14.6. The van der Waals surface area contributed by atoms with Crippen LogP contribution in [0, 0.1) is 17.7 Å². The number of ether oxygens (including phenoxy) is 4. The minimum Gasteiger partial charge on any atom is -0.466 e. The van der Waals surface area contributed by atoms with E-state index in [1.54, 1.807) is 25.7 Å². The Bertz CT molecular complexity index is 1410. The highest BCUT2D eigenvalue weighted by atomic mass is 28.4. The Morgan fingerprint density at radius 1 is 0.875 bits per heavy atom. The van der Waals surface area contributed by atoms with E-state index in [-0.39, 0.29) is 16.5 Å². The number of likely N-dealkylation sites (tertiary alicyclic amines) is 1. The van der Waals surface area contributed by atoms with Gasteiger partial charge in [0.15, 0.2) is 8.32 Å². The molecule has 1 fully saturated rings. The number of nitrogens with zero attached hydrogens (tertiary/aromatic N) is 1. The van der Waals surface area contributed by atoms with Crippen molar-refractivity contribution >= 4 is 32.1 Å². The van der Waals surface area contributed by atoms with E-state index in [2.05, 4.69) is 33.9 Å². The predicted octanol–water partition coefficient (Wildman–Crippen LogP) is 7.56. The third-order valence-electron chi connectivity index (χ3n) is 8.84. The standard InChI is InChI=1S/C36H50FNO9Si/c1-35(2,3)47-34(42)38-21-18-24(19-22-38)29(20-23-44-48(8,9)36(4,5)6)32(40)46-31(33(41)43-7)30(39)25-10-14-27(15-11-25)45-28-16-12-26(37)13-17-28/h10-17,24,29,31H,18-23H2,1-9H3. The summed E-state index contributed by atoms with van der Waals surface area (Å²) < 4.78 is 41.4. The molecule has 1 amide bonds. The first-order chi connectivity index (χ1) is 22.3. The van der Waals surface area contributed by atoms with Gasteiger partial charge in [0.2, 0.25) is 5.78 Å². The molecule has 10 nitrogen and oxygen atoms in total. The number of rotatable bonds is 12. The zero-order valence-corrected chi connectivity index (χ0v) is 30.6. The van der Waals surface area contributed by atoms with Gasteiger partial charge < -0.3 is 28.3 Å². The number of Topliss-reactive ketones (excluding diaryl/α,β-unsaturated/α-hetero) is 1. The van der Waals surface area contributed by atoms with Crippen molar-refractivity contribution in [3.05, 3.63) is 59.9 Å². The molecular weight excluding hydrogens is 637 g/mol. The lowest BCUT2D eigenvalue weighted by molar-refractivity contribution is -0.167. The van der Waals surface area contributed by atoms with Gasteiger partial charge in [-0.3, -0.25) is 9.59 Å². The molecule has 1 aliphatic rings. The highest BCUT2D eigenvalue weighted by Gasteiger charge is 2.41. The first-order valence-corrected chi connectivity index (χ1v) is 19.2. The van der Waals surface area contributed by atoms with Crippen LogP contribution in [0.3, 0.4) is 0 Å². The van der Waals surface area contributed by atoms with Crippen LogP contribution in [-0.4, -0.2) is 75.5 Å². The molecule has 12 heteroatoms. The lowest BCUT2D eigenvalue weighted by atomic mass is 9.82. The third-order valence-corrected chi connectivity index (χ3v) is 13.4. The largest absolute Gasteiger partial charge is 0.466 e. The van der Waals surface area contributed by atoms with Crippen LogP contribution < -0.4 is 4.74 Å². The molecule has 1 saturated heterocycles. The minimum absolute atomic E-state index is 0.0379. The number of methoxy groups -OCH3 is 1. The lowest BCUT2D eigenvalue weighted by Crippen LogP contribution is -2.45. The van der Waals surface area contributed by atoms with Crippen LogP contribution in [0.5, 0.6) is 11.5 Å². The Labute approximate surface area is 284 Å². The van der Waals surface area contributed by atoms with Crippen molar-refractivity contribution in [1.82, 2.24) is 4.90 Å². The molecule has 1 heterocycles. The molecule has 2 unspecified atom stereocenters. The fourth-order valence-electron chi connectivity index (χ4n) is 5.01. The van der Waals surface area contributed by atoms with Crippen LogP contribution in [0.1, 0.15) is 71.2 Å². The van der Waals surface area contributed by atoms with Gasteiger partial charge in [-0.25, -0.2) is 14.0 Å². The fourth-order valence-corrected chi connectivity index (χ4v) is 6.07. The molecule has 0 N–H and O–H groups in total. The average molecular weight is 688 g/mol. The number of benzene rings is 2. The zero-order valence-electron chi connectivity index (χ0n) is 29.6. The normalized spacial score (nSPS) is 15.7. The highest BCUT2D eigenvalue weighted by molar-refractivity contribution is 6.74. The van der Waals surface area contributed by atoms with Crippen molar-refractivity contribution in [2.45, 2.75) is 90.6 Å². The van der Waals surface area contributed by atoms with Gasteiger partial charge in [-0.15, -0.1) is 0 Å². The molecule has 3 rings (SSSR count). The van der Waals surface area contributed by atoms with Crippen molar-refractivity contribution < 1.29 is 46.9 Å². The number of amides is 1. The smallest absolute Gasteiger partial charge is 0.410 e. The average Bonchev–Trinajstić information content (AvgIpc) is 3.01. The summed E-state index contributed by atoms with van der Waals surface area (Å²) in [6.07, 6.45) is -0.902. The van der Waals surface area contributed by atoms with E-state index in [9.17, 15) is 23.6 Å². The van der Waals surface area contributed by atoms with Gasteiger partial charge >= 0.3 is 18.0 Å². The monoisotopic (exact) mass is 687 g/mol. The van der Waals surface area contributed by atoms with Crippen molar-refractivity contribution in [2.24, 2.45) is 11.8 Å². The second-order valence-corrected chi connectivity index (χ2v) is 19.4. The van der Waals surface area contributed by atoms with Crippen LogP contribution in [-0.2, 0) is 28.2 Å². The number of hydrogen-bond donors (Lipinski definition) is 0. The topological polar surface area (TPSA) is 118 Å². The molecule has 264 valence electrons. The van der Waals surface area contributed by atoms with Gasteiger partial charge in [-0.05, 0) is 113 Å². The maximum atomic E-state index is 13.9. The van der Waals surface area contributed by atoms with Crippen LogP contribution in [0.25, 0.3) is 0 Å². The maximum absolute atomic E-state index is 13.9. The van der Waals surface area contributed by atoms with Gasteiger partial charge in [0.25, 0.3) is 6.10 Å². The molecule has 1 aliphatic heterocycles. The molecule has 48 heavy (non-hydrogen) atoms. The van der Waals surface area contributed by atoms with Gasteiger partial charge in [0.05, 0.1) is 13.0 Å². The van der Waals surface area contributed by atoms with E-state index in [1.807, 2.05) is 0 Å². The zero-order chi connectivity index (χ0) is 35.9. The molecule has 0 bridgehead atoms. The number of carbonyl (C=O) groups is 4. The van der Waals surface area contributed by atoms with Crippen molar-refractivity contribution in [1.29, 1.82) is 0 Å². The number of ketones is 1. The Balaban J connectivity index is 1.77. The molecule has 2 aromatic rings. The number of carbonyl (C=O) groups excluding carboxylic acids is 4. The van der Waals surface area contributed by atoms with E-state index in [1.165, 1.54) is 48.5 Å². The molecule has 2 atom stereocenters. The summed E-state index contributed by atoms with van der Waals surface area (Å²) in [6.45, 7) is 17.1. The predicted molar refractivity (Wildman–Crippen MR) is 181 cm³/mol. The van der Waals surface area contributed by atoms with Crippen molar-refractivity contribution in [2.75, 3.05) is 26.8 Å². The summed E-state index contributed by atoms with van der Waals surface area (Å²) in [6, 6.07) is 11.4. The fraction of sp³-hybridized carbons (Fsp3) is 0.556. The SMILES string of the molecule is COC(=O)C(OC(=O)C(CCO[Si](C)(C)C(C)(C)C)C1CCN(C(=O)OC(C)(C)C)CC1)C(=O)c1ccc(Oc2ccc(F)cc2)cc1. The number of piperidine rings is 1. The van der Waals surface area contributed by atoms with Crippen molar-refractivity contribution in [3.8, 4) is 11.5 Å². The maximum Gasteiger partial charge on any atom is 0.410 e. The quantitative estimate of drug-likeness (QED) is 0.0732. The van der Waals surface area contributed by atoms with Crippen molar-refractivity contribution in [3.63, 3.8) is 0 Å². The third kappa shape index (κ3) is 10.9. The Kier molecular flexibility index (Phi) is 13.0. The van der Waals surface area contributed by atoms with E-state index >= 15 is 0 Å². The molecule has 0 saturated carbocycles. The Morgan fingerprint density at radius 2 is 1.42 bits per heavy atom. The summed E-state index contributed by atoms with van der Waals surface area (Å²) in [5.41, 5.74) is -0.527. The Morgan fingerprint density at radius 3 is 1.92 bits per heavy atom. The van der Waals surface area contributed by atoms with Crippen LogP contribution in [0.2, 0.25) is 18.1 Å². The Hall–Kier alpha value is -3.77. The number of hydrogen-bond acceptors (Lipinski definition) is 9. The van der Waals surface area contributed by atoms with E-state index in [4.69, 9.17) is 23.4 Å². The van der Waals surface area contributed by atoms with Crippen LogP contribution >= 0.6 is 0 Å². The second kappa shape index (κ2) is 16.1. The minimum atomic E-state index is -2.13. The van der Waals surface area contributed by atoms with E-state index in [0.29, 0.717) is 50.5 Å². The molecule has 0 aliphatic carbocycles. The van der Waals surface area contributed by atoms with E-state index < -0.39 is 55.6 Å². The summed E-state index contributed by atoms with van der Waals surface area (Å²) in [5, 5.41) is -0.0379. The number of esters is 2. The van der Waals surface area contributed by atoms with Gasteiger partial charge in [-0.1, -0.05) is 20.8 Å². The van der Waals surface area contributed by atoms with Crippen LogP contribution in [0.4, 0.5) is 9.18 Å². The van der Waals surface area contributed by atoms with Gasteiger partial charge in [-0.2, -0.15) is 0 Å². The van der Waals surface area contributed by atoms with E-state index in [0.717, 1.165) is 7.11 Å². The molecule has 0 spiro atoms. The number of halogens is 1. The first kappa shape index (κ1) is 38.7. The first-order valence-electron chi connectivity index (χ1n) is 16.3.